The van der Waals surface area contributed by atoms with E-state index in [1.165, 1.54) is 0 Å². The van der Waals surface area contributed by atoms with Gasteiger partial charge in [-0.25, -0.2) is 9.67 Å². The quantitative estimate of drug-likeness (QED) is 0.485. The number of hydrogen-bond acceptors (Lipinski definition) is 8. The Balaban J connectivity index is 1.56. The van der Waals surface area contributed by atoms with Gasteiger partial charge in [0.05, 0.1) is 23.9 Å². The monoisotopic (exact) mass is 442 g/mol. The second-order valence-electron chi connectivity index (χ2n) is 8.18. The number of benzene rings is 1. The van der Waals surface area contributed by atoms with Gasteiger partial charge in [-0.3, -0.25) is 0 Å². The molecule has 0 bridgehead atoms. The van der Waals surface area contributed by atoms with Crippen molar-refractivity contribution in [3.63, 3.8) is 0 Å². The molecule has 3 heterocycles. The molecule has 0 saturated carbocycles. The van der Waals surface area contributed by atoms with Gasteiger partial charge in [-0.2, -0.15) is 10.1 Å². The van der Waals surface area contributed by atoms with Gasteiger partial charge < -0.3 is 24.4 Å². The lowest BCUT2D eigenvalue weighted by Crippen LogP contribution is -2.21. The lowest BCUT2D eigenvalue weighted by molar-refractivity contribution is -0.0365. The van der Waals surface area contributed by atoms with Crippen LogP contribution in [0.3, 0.4) is 0 Å². The van der Waals surface area contributed by atoms with Crippen molar-refractivity contribution in [1.29, 1.82) is 0 Å². The van der Waals surface area contributed by atoms with E-state index in [9.17, 15) is 10.2 Å². The highest BCUT2D eigenvalue weighted by Crippen LogP contribution is 2.34. The van der Waals surface area contributed by atoms with Crippen LogP contribution in [0, 0.1) is 0 Å². The van der Waals surface area contributed by atoms with Gasteiger partial charge in [0.15, 0.2) is 6.23 Å². The minimum atomic E-state index is -0.390. The van der Waals surface area contributed by atoms with Crippen LogP contribution in [0.15, 0.2) is 30.5 Å². The van der Waals surface area contributed by atoms with Gasteiger partial charge in [-0.1, -0.05) is 0 Å². The standard InChI is InChI=1S/C23H30N4O5/c1-15(28)9-12-30-14-16(2)32-23-24-10-8-19(25-23)22-18-13-17(29)6-7-20(18)27(26-22)21-5-3-4-11-31-21/h6-8,10,13,15-16,21,28-29H,3-5,9,11-12,14H2,1-2H3/t15-,16+,21?/m1/s1. The van der Waals surface area contributed by atoms with Crippen LogP contribution in [0.25, 0.3) is 22.3 Å². The largest absolute Gasteiger partial charge is 0.508 e. The van der Waals surface area contributed by atoms with Crippen LogP contribution >= 0.6 is 0 Å². The Morgan fingerprint density at radius 1 is 1.25 bits per heavy atom. The first kappa shape index (κ1) is 22.4. The van der Waals surface area contributed by atoms with Crippen LogP contribution in [0.4, 0.5) is 0 Å². The fourth-order valence-corrected chi connectivity index (χ4v) is 3.70. The third-order valence-electron chi connectivity index (χ3n) is 5.33. The SMILES string of the molecule is C[C@@H](O)CCOC[C@H](C)Oc1nccc(-c2nn(C3CCCCO3)c3ccc(O)cc23)n1. The van der Waals surface area contributed by atoms with Crippen molar-refractivity contribution >= 4 is 10.9 Å². The van der Waals surface area contributed by atoms with Crippen molar-refractivity contribution in [2.24, 2.45) is 0 Å². The first-order chi connectivity index (χ1) is 15.5. The van der Waals surface area contributed by atoms with Crippen molar-refractivity contribution in [2.75, 3.05) is 19.8 Å². The number of nitrogens with zero attached hydrogens (tertiary/aromatic N) is 4. The number of hydrogen-bond donors (Lipinski definition) is 2. The number of aliphatic hydroxyl groups excluding tert-OH is 1. The van der Waals surface area contributed by atoms with Gasteiger partial charge in [-0.05, 0) is 63.8 Å². The number of fused-ring (bicyclic) bond motifs is 1. The predicted octanol–water partition coefficient (Wildman–Crippen LogP) is 3.45. The molecule has 1 saturated heterocycles. The molecule has 2 N–H and O–H groups in total. The molecular weight excluding hydrogens is 412 g/mol. The number of phenolic OH excluding ortho intramolecular Hbond substituents is 1. The van der Waals surface area contributed by atoms with Crippen molar-refractivity contribution in [2.45, 2.75) is 58.0 Å². The molecule has 0 aliphatic carbocycles. The molecule has 1 unspecified atom stereocenters. The number of aromatic hydroxyl groups is 1. The molecule has 3 aromatic rings. The molecule has 32 heavy (non-hydrogen) atoms. The molecule has 1 aliphatic rings. The Labute approximate surface area is 187 Å². The van der Waals surface area contributed by atoms with E-state index in [4.69, 9.17) is 19.3 Å². The van der Waals surface area contributed by atoms with Gasteiger partial charge in [-0.15, -0.1) is 0 Å². The van der Waals surface area contributed by atoms with E-state index in [0.717, 1.165) is 30.2 Å². The summed E-state index contributed by atoms with van der Waals surface area (Å²) in [5.74, 6) is 0.163. The number of aliphatic hydroxyl groups is 1. The number of rotatable bonds is 9. The van der Waals surface area contributed by atoms with Gasteiger partial charge in [0.25, 0.3) is 0 Å². The van der Waals surface area contributed by atoms with Gasteiger partial charge in [0.1, 0.15) is 17.5 Å². The van der Waals surface area contributed by atoms with Gasteiger partial charge >= 0.3 is 6.01 Å². The molecule has 172 valence electrons. The van der Waals surface area contributed by atoms with E-state index in [1.54, 1.807) is 31.3 Å². The van der Waals surface area contributed by atoms with Gasteiger partial charge in [0, 0.05) is 24.8 Å². The molecule has 4 rings (SSSR count). The average Bonchev–Trinajstić information content (AvgIpc) is 3.16. The summed E-state index contributed by atoms with van der Waals surface area (Å²) in [5, 5.41) is 25.0. The van der Waals surface area contributed by atoms with E-state index in [1.807, 2.05) is 17.7 Å². The minimum Gasteiger partial charge on any atom is -0.508 e. The maximum absolute atomic E-state index is 10.1. The number of aromatic nitrogens is 4. The summed E-state index contributed by atoms with van der Waals surface area (Å²) in [6, 6.07) is 7.20. The lowest BCUT2D eigenvalue weighted by Gasteiger charge is -2.23. The zero-order valence-electron chi connectivity index (χ0n) is 18.5. The van der Waals surface area contributed by atoms with Crippen LogP contribution in [-0.4, -0.2) is 62.0 Å². The highest BCUT2D eigenvalue weighted by Gasteiger charge is 2.23. The van der Waals surface area contributed by atoms with Crippen molar-refractivity contribution < 1.29 is 24.4 Å². The lowest BCUT2D eigenvalue weighted by atomic mass is 10.1. The van der Waals surface area contributed by atoms with Crippen molar-refractivity contribution in [1.82, 2.24) is 19.7 Å². The summed E-state index contributed by atoms with van der Waals surface area (Å²) in [7, 11) is 0. The third-order valence-corrected chi connectivity index (χ3v) is 5.33. The van der Waals surface area contributed by atoms with E-state index in [2.05, 4.69) is 9.97 Å². The Morgan fingerprint density at radius 2 is 2.12 bits per heavy atom. The summed E-state index contributed by atoms with van der Waals surface area (Å²) in [6.07, 6.45) is 4.45. The average molecular weight is 443 g/mol. The summed E-state index contributed by atoms with van der Waals surface area (Å²) >= 11 is 0. The maximum Gasteiger partial charge on any atom is 0.317 e. The Kier molecular flexibility index (Phi) is 7.19. The molecule has 1 aromatic carbocycles. The second kappa shape index (κ2) is 10.2. The van der Waals surface area contributed by atoms with Crippen LogP contribution in [-0.2, 0) is 9.47 Å². The fraction of sp³-hybridized carbons (Fsp3) is 0.522. The maximum atomic E-state index is 10.1. The molecular formula is C23H30N4O5. The molecule has 3 atom stereocenters. The number of ether oxygens (including phenoxy) is 3. The fourth-order valence-electron chi connectivity index (χ4n) is 3.70. The van der Waals surface area contributed by atoms with Crippen molar-refractivity contribution in [3.05, 3.63) is 30.5 Å². The third kappa shape index (κ3) is 5.35. The van der Waals surface area contributed by atoms with Crippen LogP contribution in [0.1, 0.15) is 45.8 Å². The zero-order chi connectivity index (χ0) is 22.5. The highest BCUT2D eigenvalue weighted by atomic mass is 16.5. The molecule has 0 radical (unpaired) electrons. The van der Waals surface area contributed by atoms with E-state index in [-0.39, 0.29) is 30.2 Å². The summed E-state index contributed by atoms with van der Waals surface area (Å²) in [4.78, 5) is 8.77. The van der Waals surface area contributed by atoms with E-state index in [0.29, 0.717) is 37.6 Å². The summed E-state index contributed by atoms with van der Waals surface area (Å²) < 4.78 is 19.2. The first-order valence-electron chi connectivity index (χ1n) is 11.1. The summed E-state index contributed by atoms with van der Waals surface area (Å²) in [5.41, 5.74) is 2.12. The summed E-state index contributed by atoms with van der Waals surface area (Å²) in [6.45, 7) is 5.14. The number of phenols is 1. The molecule has 1 fully saturated rings. The molecule has 1 aliphatic heterocycles. The second-order valence-corrected chi connectivity index (χ2v) is 8.18. The molecule has 2 aromatic heterocycles. The van der Waals surface area contributed by atoms with Gasteiger partial charge in [0.2, 0.25) is 0 Å². The Hall–Kier alpha value is -2.75. The van der Waals surface area contributed by atoms with E-state index >= 15 is 0 Å². The normalized spacial score (nSPS) is 18.5. The predicted molar refractivity (Wildman–Crippen MR) is 118 cm³/mol. The highest BCUT2D eigenvalue weighted by molar-refractivity contribution is 5.93. The van der Waals surface area contributed by atoms with Crippen LogP contribution < -0.4 is 4.74 Å². The molecule has 0 spiro atoms. The zero-order valence-corrected chi connectivity index (χ0v) is 18.5. The Morgan fingerprint density at radius 3 is 2.91 bits per heavy atom. The first-order valence-corrected chi connectivity index (χ1v) is 11.1. The smallest absolute Gasteiger partial charge is 0.317 e. The molecule has 0 amide bonds. The van der Waals surface area contributed by atoms with Crippen LogP contribution in [0.5, 0.6) is 11.8 Å². The molecule has 9 nitrogen and oxygen atoms in total. The molecule has 9 heteroatoms. The van der Waals surface area contributed by atoms with E-state index < -0.39 is 0 Å². The minimum absolute atomic E-state index is 0.138. The van der Waals surface area contributed by atoms with Crippen molar-refractivity contribution in [3.8, 4) is 23.1 Å². The topological polar surface area (TPSA) is 112 Å². The Bertz CT molecular complexity index is 1030. The van der Waals surface area contributed by atoms with Crippen LogP contribution in [0.2, 0.25) is 0 Å².